The Labute approximate surface area is 191 Å². The Bertz CT molecular complexity index is 1250. The number of carbonyl (C=O) groups excluding carboxylic acids is 1. The molecule has 11 nitrogen and oxygen atoms in total. The molecule has 2 aromatic heterocycles. The van der Waals surface area contributed by atoms with Gasteiger partial charge in [0.15, 0.2) is 0 Å². The van der Waals surface area contributed by atoms with Gasteiger partial charge in [0, 0.05) is 20.0 Å². The SMILES string of the molecule is CN(Cc1ccc2nc(CO)[nH]c(=O)c2c1)c1ccc(C(=O)N[C@H](CCC(=O)O)C(=O)O)s1. The summed E-state index contributed by atoms with van der Waals surface area (Å²) in [6.07, 6.45) is -0.592. The second-order valence-corrected chi connectivity index (χ2v) is 8.38. The molecule has 0 radical (unpaired) electrons. The number of thiophene rings is 1. The van der Waals surface area contributed by atoms with E-state index >= 15 is 0 Å². The summed E-state index contributed by atoms with van der Waals surface area (Å²) in [7, 11) is 1.81. The largest absolute Gasteiger partial charge is 0.481 e. The zero-order valence-corrected chi connectivity index (χ0v) is 18.4. The molecule has 0 spiro atoms. The highest BCUT2D eigenvalue weighted by atomic mass is 32.1. The van der Waals surface area contributed by atoms with Gasteiger partial charge in [-0.25, -0.2) is 9.78 Å². The van der Waals surface area contributed by atoms with E-state index in [0.29, 0.717) is 17.4 Å². The van der Waals surface area contributed by atoms with Gasteiger partial charge in [0.25, 0.3) is 11.5 Å². The van der Waals surface area contributed by atoms with Crippen LogP contribution >= 0.6 is 11.3 Å². The molecule has 1 atom stereocenters. The van der Waals surface area contributed by atoms with Crippen molar-refractivity contribution in [2.24, 2.45) is 0 Å². The number of aliphatic hydroxyl groups excluding tert-OH is 1. The number of amides is 1. The van der Waals surface area contributed by atoms with Gasteiger partial charge in [-0.15, -0.1) is 11.3 Å². The fourth-order valence-corrected chi connectivity index (χ4v) is 4.04. The number of aromatic amines is 1. The number of rotatable bonds is 10. The lowest BCUT2D eigenvalue weighted by Gasteiger charge is -2.17. The van der Waals surface area contributed by atoms with Crippen LogP contribution in [0.2, 0.25) is 0 Å². The lowest BCUT2D eigenvalue weighted by Crippen LogP contribution is -2.40. The van der Waals surface area contributed by atoms with Crippen LogP contribution < -0.4 is 15.8 Å². The molecule has 2 heterocycles. The average Bonchev–Trinajstić information content (AvgIpc) is 3.27. The first kappa shape index (κ1) is 23.9. The summed E-state index contributed by atoms with van der Waals surface area (Å²) in [5.74, 6) is -2.85. The maximum atomic E-state index is 12.4. The van der Waals surface area contributed by atoms with Crippen molar-refractivity contribution in [2.45, 2.75) is 32.0 Å². The Hall–Kier alpha value is -3.77. The fourth-order valence-electron chi connectivity index (χ4n) is 3.17. The average molecular weight is 474 g/mol. The molecule has 0 bridgehead atoms. The Kier molecular flexibility index (Phi) is 7.41. The maximum absolute atomic E-state index is 12.4. The minimum absolute atomic E-state index is 0.190. The number of carboxylic acid groups (broad SMARTS) is 2. The third-order valence-electron chi connectivity index (χ3n) is 4.83. The number of hydrogen-bond acceptors (Lipinski definition) is 8. The van der Waals surface area contributed by atoms with Crippen LogP contribution in [0.5, 0.6) is 0 Å². The van der Waals surface area contributed by atoms with E-state index in [2.05, 4.69) is 15.3 Å². The number of aromatic nitrogens is 2. The number of benzene rings is 1. The number of fused-ring (bicyclic) bond motifs is 1. The molecule has 174 valence electrons. The molecule has 0 aliphatic rings. The Morgan fingerprint density at radius 1 is 1.21 bits per heavy atom. The second-order valence-electron chi connectivity index (χ2n) is 7.31. The van der Waals surface area contributed by atoms with Crippen LogP contribution in [0, 0.1) is 0 Å². The van der Waals surface area contributed by atoms with Crippen molar-refractivity contribution in [3.63, 3.8) is 0 Å². The zero-order valence-electron chi connectivity index (χ0n) is 17.6. The number of hydrogen-bond donors (Lipinski definition) is 5. The molecule has 33 heavy (non-hydrogen) atoms. The summed E-state index contributed by atoms with van der Waals surface area (Å²) >= 11 is 1.15. The number of nitrogens with zero attached hydrogens (tertiary/aromatic N) is 2. The molecule has 0 saturated heterocycles. The van der Waals surface area contributed by atoms with Crippen molar-refractivity contribution >= 4 is 45.1 Å². The number of carboxylic acids is 2. The predicted molar refractivity (Wildman–Crippen MR) is 120 cm³/mol. The topological polar surface area (TPSA) is 173 Å². The molecule has 1 amide bonds. The highest BCUT2D eigenvalue weighted by molar-refractivity contribution is 7.17. The minimum atomic E-state index is -1.30. The number of H-pyrrole nitrogens is 1. The molecule has 0 unspecified atom stereocenters. The first-order valence-corrected chi connectivity index (χ1v) is 10.7. The van der Waals surface area contributed by atoms with Crippen LogP contribution in [0.4, 0.5) is 5.00 Å². The Balaban J connectivity index is 1.70. The lowest BCUT2D eigenvalue weighted by atomic mass is 10.1. The summed E-state index contributed by atoms with van der Waals surface area (Å²) in [6.45, 7) is 0.0613. The third-order valence-corrected chi connectivity index (χ3v) is 6.03. The van der Waals surface area contributed by atoms with Crippen LogP contribution in [0.1, 0.15) is 33.9 Å². The van der Waals surface area contributed by atoms with E-state index in [1.54, 1.807) is 24.3 Å². The number of carbonyl (C=O) groups is 3. The van der Waals surface area contributed by atoms with Crippen molar-refractivity contribution in [3.8, 4) is 0 Å². The van der Waals surface area contributed by atoms with Gasteiger partial charge < -0.3 is 30.5 Å². The highest BCUT2D eigenvalue weighted by Crippen LogP contribution is 2.27. The van der Waals surface area contributed by atoms with E-state index in [4.69, 9.17) is 10.2 Å². The zero-order chi connectivity index (χ0) is 24.1. The van der Waals surface area contributed by atoms with Crippen LogP contribution in [0.25, 0.3) is 10.9 Å². The molecule has 0 aliphatic heterocycles. The van der Waals surface area contributed by atoms with Gasteiger partial charge in [0.1, 0.15) is 18.5 Å². The molecular weight excluding hydrogens is 452 g/mol. The predicted octanol–water partition coefficient (Wildman–Crippen LogP) is 1.16. The summed E-state index contributed by atoms with van der Waals surface area (Å²) in [5, 5.41) is 30.6. The fraction of sp³-hybridized carbons (Fsp3) is 0.286. The van der Waals surface area contributed by atoms with Gasteiger partial charge in [0.2, 0.25) is 0 Å². The van der Waals surface area contributed by atoms with Gasteiger partial charge in [0.05, 0.1) is 20.8 Å². The molecule has 0 aliphatic carbocycles. The molecule has 0 saturated carbocycles. The first-order valence-electron chi connectivity index (χ1n) is 9.87. The number of aliphatic carboxylic acids is 2. The lowest BCUT2D eigenvalue weighted by molar-refractivity contribution is -0.140. The van der Waals surface area contributed by atoms with Gasteiger partial charge in [-0.05, 0) is 36.2 Å². The first-order chi connectivity index (χ1) is 15.7. The Morgan fingerprint density at radius 2 is 1.97 bits per heavy atom. The van der Waals surface area contributed by atoms with Crippen LogP contribution in [0.15, 0.2) is 35.1 Å². The maximum Gasteiger partial charge on any atom is 0.326 e. The molecule has 12 heteroatoms. The summed E-state index contributed by atoms with van der Waals surface area (Å²) < 4.78 is 0. The monoisotopic (exact) mass is 474 g/mol. The summed E-state index contributed by atoms with van der Waals surface area (Å²) in [5.41, 5.74) is 0.952. The van der Waals surface area contributed by atoms with Gasteiger partial charge in [-0.2, -0.15) is 0 Å². The van der Waals surface area contributed by atoms with Crippen LogP contribution in [-0.4, -0.2) is 56.2 Å². The standard InChI is InChI=1S/C21H22N4O7S/c1-25(9-11-2-3-13-12(8-11)19(29)24-16(10-26)22-13)17-6-5-15(33-17)20(30)23-14(21(31)32)4-7-18(27)28/h2-3,5-6,8,14,26H,4,7,9-10H2,1H3,(H,23,30)(H,27,28)(H,31,32)(H,22,24,29)/t14-/m1/s1. The van der Waals surface area contributed by atoms with Gasteiger partial charge >= 0.3 is 11.9 Å². The van der Waals surface area contributed by atoms with Crippen molar-refractivity contribution in [1.82, 2.24) is 15.3 Å². The van der Waals surface area contributed by atoms with E-state index < -0.39 is 23.9 Å². The number of nitrogens with one attached hydrogen (secondary N) is 2. The summed E-state index contributed by atoms with van der Waals surface area (Å²) in [4.78, 5) is 55.5. The van der Waals surface area contributed by atoms with E-state index in [-0.39, 0.29) is 35.7 Å². The van der Waals surface area contributed by atoms with Crippen molar-refractivity contribution in [3.05, 3.63) is 57.0 Å². The Morgan fingerprint density at radius 3 is 2.64 bits per heavy atom. The number of anilines is 1. The van der Waals surface area contributed by atoms with Crippen LogP contribution in [-0.2, 0) is 22.7 Å². The van der Waals surface area contributed by atoms with E-state index in [9.17, 15) is 24.3 Å². The minimum Gasteiger partial charge on any atom is -0.481 e. The van der Waals surface area contributed by atoms with Crippen molar-refractivity contribution < 1.29 is 29.7 Å². The second kappa shape index (κ2) is 10.2. The normalized spacial score (nSPS) is 11.8. The highest BCUT2D eigenvalue weighted by Gasteiger charge is 2.22. The van der Waals surface area contributed by atoms with Gasteiger partial charge in [-0.1, -0.05) is 6.07 Å². The molecule has 3 aromatic rings. The summed E-state index contributed by atoms with van der Waals surface area (Å²) in [6, 6.07) is 7.20. The number of aliphatic hydroxyl groups is 1. The molecule has 0 fully saturated rings. The van der Waals surface area contributed by atoms with E-state index in [1.807, 2.05) is 18.0 Å². The quantitative estimate of drug-likeness (QED) is 0.289. The van der Waals surface area contributed by atoms with E-state index in [1.165, 1.54) is 0 Å². The van der Waals surface area contributed by atoms with Crippen molar-refractivity contribution in [1.29, 1.82) is 0 Å². The molecule has 1 aromatic carbocycles. The van der Waals surface area contributed by atoms with E-state index in [0.717, 1.165) is 21.9 Å². The molecule has 5 N–H and O–H groups in total. The molecule has 3 rings (SSSR count). The molecular formula is C21H22N4O7S. The van der Waals surface area contributed by atoms with Crippen LogP contribution in [0.3, 0.4) is 0 Å². The smallest absolute Gasteiger partial charge is 0.326 e. The van der Waals surface area contributed by atoms with Gasteiger partial charge in [-0.3, -0.25) is 14.4 Å². The van der Waals surface area contributed by atoms with Crippen molar-refractivity contribution in [2.75, 3.05) is 11.9 Å². The third kappa shape index (κ3) is 5.93.